The molecule has 152 valence electrons. The van der Waals surface area contributed by atoms with Crippen LogP contribution in [0.25, 0.3) is 0 Å². The molecule has 9 atom stereocenters. The molecule has 0 aromatic rings. The molecule has 0 aliphatic heterocycles. The van der Waals surface area contributed by atoms with Gasteiger partial charge in [-0.15, -0.1) is 0 Å². The molecule has 4 aliphatic rings. The van der Waals surface area contributed by atoms with Crippen LogP contribution in [0.15, 0.2) is 11.1 Å². The molecule has 0 bridgehead atoms. The highest BCUT2D eigenvalue weighted by Crippen LogP contribution is 2.69. The van der Waals surface area contributed by atoms with Crippen LogP contribution in [0.2, 0.25) is 0 Å². The lowest BCUT2D eigenvalue weighted by molar-refractivity contribution is -0.104. The van der Waals surface area contributed by atoms with Gasteiger partial charge < -0.3 is 5.11 Å². The van der Waals surface area contributed by atoms with Gasteiger partial charge in [-0.3, -0.25) is 0 Å². The monoisotopic (exact) mass is 397 g/mol. The van der Waals surface area contributed by atoms with Gasteiger partial charge in [0, 0.05) is 18.9 Å². The van der Waals surface area contributed by atoms with Crippen molar-refractivity contribution in [3.63, 3.8) is 0 Å². The molecule has 2 N–H and O–H groups in total. The molecule has 5 heteroatoms. The first-order valence-electron chi connectivity index (χ1n) is 10.9. The maximum atomic E-state index is 15.1. The smallest absolute Gasteiger partial charge is 0.396 e. The summed E-state index contributed by atoms with van der Waals surface area (Å²) >= 11 is 0. The Labute approximate surface area is 163 Å². The number of hydrogen-bond donors (Lipinski definition) is 2. The fourth-order valence-corrected chi connectivity index (χ4v) is 8.87. The van der Waals surface area contributed by atoms with Gasteiger partial charge in [0.05, 0.1) is 0 Å². The number of allylic oxidation sites excluding steroid dienone is 2. The van der Waals surface area contributed by atoms with Crippen LogP contribution < -0.4 is 0 Å². The van der Waals surface area contributed by atoms with Crippen LogP contribution in [-0.4, -0.2) is 16.6 Å². The summed E-state index contributed by atoms with van der Waals surface area (Å²) in [5, 5.41) is 9.92. The van der Waals surface area contributed by atoms with E-state index in [1.54, 1.807) is 0 Å². The highest BCUT2D eigenvalue weighted by atomic mass is 31.1. The molecule has 0 saturated heterocycles. The van der Waals surface area contributed by atoms with Crippen LogP contribution in [-0.2, 0) is 4.57 Å². The van der Waals surface area contributed by atoms with Crippen molar-refractivity contribution in [3.8, 4) is 0 Å². The van der Waals surface area contributed by atoms with E-state index >= 15 is 4.39 Å². The van der Waals surface area contributed by atoms with Gasteiger partial charge in [-0.05, 0) is 89.9 Å². The molecule has 3 nitrogen and oxygen atoms in total. The fraction of sp³-hybridized carbons (Fsp3) is 0.909. The van der Waals surface area contributed by atoms with Gasteiger partial charge in [-0.1, -0.05) is 20.8 Å². The van der Waals surface area contributed by atoms with Gasteiger partial charge in [0.1, 0.15) is 0 Å². The summed E-state index contributed by atoms with van der Waals surface area (Å²) in [5.41, 5.74) is 0.249. The number of hydrogen-bond acceptors (Lipinski definition) is 2. The lowest BCUT2D eigenvalue weighted by atomic mass is 9.45. The molecule has 0 amide bonds. The highest BCUT2D eigenvalue weighted by Gasteiger charge is 2.62. The average molecular weight is 397 g/mol. The van der Waals surface area contributed by atoms with E-state index in [0.29, 0.717) is 41.4 Å². The van der Waals surface area contributed by atoms with Crippen LogP contribution in [0.3, 0.4) is 0 Å². The minimum Gasteiger partial charge on any atom is -0.396 e. The minimum absolute atomic E-state index is 0.0656. The fourth-order valence-electron chi connectivity index (χ4n) is 8.23. The van der Waals surface area contributed by atoms with Gasteiger partial charge >= 0.3 is 8.03 Å². The molecule has 0 aromatic carbocycles. The molecule has 3 unspecified atom stereocenters. The third kappa shape index (κ3) is 2.81. The average Bonchev–Trinajstić information content (AvgIpc) is 2.98. The van der Waals surface area contributed by atoms with E-state index in [1.807, 2.05) is 0 Å². The Morgan fingerprint density at radius 3 is 2.48 bits per heavy atom. The SMILES string of the molecule is CC(CO)[C@H]1CC[C@H]2[C@@H]3CCC4C(F)=C([P+](=O)O)CC[C@]4(C)[C@H]3CC[C@]12C. The van der Waals surface area contributed by atoms with Gasteiger partial charge in [-0.25, -0.2) is 4.39 Å². The van der Waals surface area contributed by atoms with Crippen molar-refractivity contribution in [2.75, 3.05) is 6.61 Å². The van der Waals surface area contributed by atoms with Crippen LogP contribution in [0.1, 0.15) is 72.1 Å². The van der Waals surface area contributed by atoms with Crippen molar-refractivity contribution in [2.45, 2.75) is 72.1 Å². The largest absolute Gasteiger partial charge is 0.544 e. The minimum atomic E-state index is -2.53. The Morgan fingerprint density at radius 2 is 1.81 bits per heavy atom. The zero-order chi connectivity index (χ0) is 19.6. The maximum absolute atomic E-state index is 15.1. The van der Waals surface area contributed by atoms with Crippen molar-refractivity contribution in [1.29, 1.82) is 0 Å². The number of aliphatic hydroxyl groups is 1. The summed E-state index contributed by atoms with van der Waals surface area (Å²) < 4.78 is 26.7. The van der Waals surface area contributed by atoms with Crippen LogP contribution in [0, 0.1) is 46.3 Å². The van der Waals surface area contributed by atoms with E-state index in [4.69, 9.17) is 0 Å². The van der Waals surface area contributed by atoms with Crippen molar-refractivity contribution < 1.29 is 19.0 Å². The van der Waals surface area contributed by atoms with Crippen molar-refractivity contribution >= 4 is 8.03 Å². The third-order valence-electron chi connectivity index (χ3n) is 9.63. The van der Waals surface area contributed by atoms with Crippen LogP contribution in [0.4, 0.5) is 4.39 Å². The predicted molar refractivity (Wildman–Crippen MR) is 105 cm³/mol. The second kappa shape index (κ2) is 6.89. The Bertz CT molecular complexity index is 664. The first-order valence-corrected chi connectivity index (χ1v) is 12.1. The second-order valence-corrected chi connectivity index (χ2v) is 11.6. The molecule has 0 spiro atoms. The van der Waals surface area contributed by atoms with Crippen LogP contribution >= 0.6 is 8.03 Å². The maximum Gasteiger partial charge on any atom is 0.544 e. The van der Waals surface area contributed by atoms with Crippen molar-refractivity contribution in [3.05, 3.63) is 11.1 Å². The van der Waals surface area contributed by atoms with Gasteiger partial charge in [0.25, 0.3) is 0 Å². The third-order valence-corrected chi connectivity index (χ3v) is 10.5. The van der Waals surface area contributed by atoms with Gasteiger partial charge in [-0.2, -0.15) is 4.89 Å². The van der Waals surface area contributed by atoms with Crippen molar-refractivity contribution in [2.24, 2.45) is 46.3 Å². The van der Waals surface area contributed by atoms with E-state index in [-0.39, 0.29) is 29.1 Å². The lowest BCUT2D eigenvalue weighted by Gasteiger charge is -2.60. The summed E-state index contributed by atoms with van der Waals surface area (Å²) in [4.78, 5) is 9.51. The molecule has 0 aromatic heterocycles. The van der Waals surface area contributed by atoms with E-state index in [1.165, 1.54) is 19.3 Å². The summed E-state index contributed by atoms with van der Waals surface area (Å²) in [5.74, 6) is 2.42. The molecule has 3 saturated carbocycles. The molecule has 3 fully saturated rings. The molecule has 0 radical (unpaired) electrons. The first kappa shape index (κ1) is 20.0. The van der Waals surface area contributed by atoms with Gasteiger partial charge in [0.15, 0.2) is 5.83 Å². The van der Waals surface area contributed by atoms with Crippen LogP contribution in [0.5, 0.6) is 0 Å². The quantitative estimate of drug-likeness (QED) is 0.592. The Balaban J connectivity index is 1.63. The zero-order valence-electron chi connectivity index (χ0n) is 17.0. The topological polar surface area (TPSA) is 57.5 Å². The van der Waals surface area contributed by atoms with E-state index in [9.17, 15) is 14.6 Å². The zero-order valence-corrected chi connectivity index (χ0v) is 17.9. The summed E-state index contributed by atoms with van der Waals surface area (Å²) in [6.45, 7) is 7.20. The normalized spacial score (nSPS) is 48.5. The molecule has 4 aliphatic carbocycles. The molecule has 0 heterocycles. The standard InChI is InChI=1S/C22H34FO3P/c1-13(12-24)15-6-7-16-14-4-5-18-20(23)19(27(25)26)9-11-22(18,3)17(14)8-10-21(15,16)2/h13-18,24H,4-12H2,1-3H3/p+1/t13?,14-,15+,16-,17-,18?,21+,22+/m0/s1. The number of fused-ring (bicyclic) bond motifs is 5. The molecule has 4 rings (SSSR count). The highest BCUT2D eigenvalue weighted by molar-refractivity contribution is 7.43. The Kier molecular flexibility index (Phi) is 5.10. The van der Waals surface area contributed by atoms with E-state index in [2.05, 4.69) is 20.8 Å². The summed E-state index contributed by atoms with van der Waals surface area (Å²) in [6.07, 6.45) is 7.96. The molecular weight excluding hydrogens is 362 g/mol. The summed E-state index contributed by atoms with van der Waals surface area (Å²) in [6, 6.07) is 0. The second-order valence-electron chi connectivity index (χ2n) is 10.5. The molecule has 27 heavy (non-hydrogen) atoms. The first-order chi connectivity index (χ1) is 12.7. The Morgan fingerprint density at radius 1 is 1.11 bits per heavy atom. The Hall–Kier alpha value is -0.310. The number of halogens is 1. The number of rotatable bonds is 3. The van der Waals surface area contributed by atoms with E-state index < -0.39 is 8.03 Å². The van der Waals surface area contributed by atoms with Crippen molar-refractivity contribution in [1.82, 2.24) is 0 Å². The number of aliphatic hydroxyl groups excluding tert-OH is 1. The lowest BCUT2D eigenvalue weighted by Crippen LogP contribution is -2.53. The van der Waals surface area contributed by atoms with Gasteiger partial charge in [0.2, 0.25) is 5.31 Å². The predicted octanol–water partition coefficient (Wildman–Crippen LogP) is 5.80. The molecular formula is C22H35FO3P+. The summed E-state index contributed by atoms with van der Waals surface area (Å²) in [7, 11) is -2.53. The van der Waals surface area contributed by atoms with E-state index in [0.717, 1.165) is 25.7 Å².